The highest BCUT2D eigenvalue weighted by molar-refractivity contribution is 8.00. The highest BCUT2D eigenvalue weighted by Gasteiger charge is 2.19. The molecule has 26 heavy (non-hydrogen) atoms. The van der Waals surface area contributed by atoms with E-state index in [2.05, 4.69) is 15.3 Å². The standard InChI is InChI=1S/C18H22N4O3S/c1-5-25-17(24)13-9-20-18(22-15(13)19)26-12(4)16(23)21-14-10(2)7-6-8-11(14)3/h6-9,12H,5H2,1-4H3,(H,21,23)(H2,19,20,22). The molecule has 1 atom stereocenters. The lowest BCUT2D eigenvalue weighted by Crippen LogP contribution is -2.23. The van der Waals surface area contributed by atoms with Gasteiger partial charge in [-0.15, -0.1) is 0 Å². The number of aryl methyl sites for hydroxylation is 2. The minimum atomic E-state index is -0.567. The maximum absolute atomic E-state index is 12.5. The highest BCUT2D eigenvalue weighted by atomic mass is 32.2. The van der Waals surface area contributed by atoms with E-state index in [0.717, 1.165) is 28.6 Å². The number of amides is 1. The molecule has 1 aromatic carbocycles. The fraction of sp³-hybridized carbons (Fsp3) is 0.333. The third kappa shape index (κ3) is 4.72. The Kier molecular flexibility index (Phi) is 6.57. The zero-order chi connectivity index (χ0) is 19.3. The Morgan fingerprint density at radius 1 is 1.31 bits per heavy atom. The van der Waals surface area contributed by atoms with Gasteiger partial charge in [-0.2, -0.15) is 0 Å². The fourth-order valence-electron chi connectivity index (χ4n) is 2.25. The van der Waals surface area contributed by atoms with Gasteiger partial charge >= 0.3 is 5.97 Å². The van der Waals surface area contributed by atoms with Gasteiger partial charge in [0.1, 0.15) is 11.4 Å². The topological polar surface area (TPSA) is 107 Å². The third-order valence-electron chi connectivity index (χ3n) is 3.67. The molecule has 8 heteroatoms. The summed E-state index contributed by atoms with van der Waals surface area (Å²) >= 11 is 1.16. The third-order valence-corrected chi connectivity index (χ3v) is 4.65. The summed E-state index contributed by atoms with van der Waals surface area (Å²) in [5.74, 6) is -0.699. The lowest BCUT2D eigenvalue weighted by Gasteiger charge is -2.15. The number of nitrogens with two attached hydrogens (primary N) is 1. The zero-order valence-corrected chi connectivity index (χ0v) is 16.0. The van der Waals surface area contributed by atoms with Crippen LogP contribution in [0.1, 0.15) is 35.3 Å². The lowest BCUT2D eigenvalue weighted by atomic mass is 10.1. The zero-order valence-electron chi connectivity index (χ0n) is 15.2. The second-order valence-electron chi connectivity index (χ2n) is 5.69. The molecule has 0 saturated carbocycles. The predicted molar refractivity (Wildman–Crippen MR) is 102 cm³/mol. The number of ether oxygens (including phenoxy) is 1. The normalized spacial score (nSPS) is 11.7. The first-order chi connectivity index (χ1) is 12.3. The number of thioether (sulfide) groups is 1. The fourth-order valence-corrected chi connectivity index (χ4v) is 3.00. The first kappa shape index (κ1) is 19.7. The average molecular weight is 374 g/mol. The van der Waals surface area contributed by atoms with Crippen LogP contribution in [-0.2, 0) is 9.53 Å². The molecule has 0 aliphatic heterocycles. The molecule has 0 aliphatic carbocycles. The average Bonchev–Trinajstić information content (AvgIpc) is 2.58. The van der Waals surface area contributed by atoms with Crippen LogP contribution in [0.3, 0.4) is 0 Å². The summed E-state index contributed by atoms with van der Waals surface area (Å²) in [4.78, 5) is 32.4. The van der Waals surface area contributed by atoms with Crippen molar-refractivity contribution in [1.29, 1.82) is 0 Å². The van der Waals surface area contributed by atoms with Gasteiger partial charge in [0.2, 0.25) is 5.91 Å². The van der Waals surface area contributed by atoms with Crippen LogP contribution in [0, 0.1) is 13.8 Å². The van der Waals surface area contributed by atoms with Crippen molar-refractivity contribution in [2.75, 3.05) is 17.7 Å². The van der Waals surface area contributed by atoms with Crippen molar-refractivity contribution in [3.63, 3.8) is 0 Å². The molecular weight excluding hydrogens is 352 g/mol. The molecule has 0 aliphatic rings. The Morgan fingerprint density at radius 3 is 2.54 bits per heavy atom. The molecule has 1 amide bonds. The Labute approximate surface area is 156 Å². The predicted octanol–water partition coefficient (Wildman–Crippen LogP) is 2.97. The summed E-state index contributed by atoms with van der Waals surface area (Å²) in [5.41, 5.74) is 8.72. The first-order valence-electron chi connectivity index (χ1n) is 8.16. The molecule has 0 radical (unpaired) electrons. The SMILES string of the molecule is CCOC(=O)c1cnc(SC(C)C(=O)Nc2c(C)cccc2C)nc1N. The number of nitrogen functional groups attached to an aromatic ring is 1. The van der Waals surface area contributed by atoms with Crippen LogP contribution in [0.5, 0.6) is 0 Å². The monoisotopic (exact) mass is 374 g/mol. The number of hydrogen-bond acceptors (Lipinski definition) is 7. The number of nitrogens with one attached hydrogen (secondary N) is 1. The van der Waals surface area contributed by atoms with Gasteiger partial charge < -0.3 is 15.8 Å². The van der Waals surface area contributed by atoms with Crippen LogP contribution in [0.25, 0.3) is 0 Å². The number of carbonyl (C=O) groups excluding carboxylic acids is 2. The van der Waals surface area contributed by atoms with E-state index < -0.39 is 11.2 Å². The summed E-state index contributed by atoms with van der Waals surface area (Å²) in [6.45, 7) is 7.59. The van der Waals surface area contributed by atoms with Crippen molar-refractivity contribution in [3.8, 4) is 0 Å². The van der Waals surface area contributed by atoms with Gasteiger partial charge in [-0.1, -0.05) is 30.0 Å². The number of para-hydroxylation sites is 1. The Hall–Kier alpha value is -2.61. The smallest absolute Gasteiger partial charge is 0.343 e. The second kappa shape index (κ2) is 8.66. The van der Waals surface area contributed by atoms with Gasteiger partial charge in [0.15, 0.2) is 5.16 Å². The molecule has 0 bridgehead atoms. The number of benzene rings is 1. The molecule has 2 rings (SSSR count). The summed E-state index contributed by atoms with van der Waals surface area (Å²) in [7, 11) is 0. The second-order valence-corrected chi connectivity index (χ2v) is 7.00. The van der Waals surface area contributed by atoms with E-state index in [1.807, 2.05) is 32.0 Å². The van der Waals surface area contributed by atoms with E-state index in [-0.39, 0.29) is 23.9 Å². The van der Waals surface area contributed by atoms with Crippen LogP contribution < -0.4 is 11.1 Å². The number of esters is 1. The van der Waals surface area contributed by atoms with Crippen molar-refractivity contribution >= 4 is 35.1 Å². The number of aromatic nitrogens is 2. The van der Waals surface area contributed by atoms with Crippen LogP contribution in [0.2, 0.25) is 0 Å². The van der Waals surface area contributed by atoms with E-state index >= 15 is 0 Å². The van der Waals surface area contributed by atoms with Gasteiger partial charge in [-0.25, -0.2) is 14.8 Å². The molecule has 0 spiro atoms. The number of anilines is 2. The van der Waals surface area contributed by atoms with Crippen molar-refractivity contribution in [1.82, 2.24) is 9.97 Å². The molecule has 7 nitrogen and oxygen atoms in total. The Balaban J connectivity index is 2.07. The number of hydrogen-bond donors (Lipinski definition) is 2. The first-order valence-corrected chi connectivity index (χ1v) is 9.04. The van der Waals surface area contributed by atoms with Crippen LogP contribution in [0.15, 0.2) is 29.6 Å². The molecular formula is C18H22N4O3S. The lowest BCUT2D eigenvalue weighted by molar-refractivity contribution is -0.115. The quantitative estimate of drug-likeness (QED) is 0.455. The van der Waals surface area contributed by atoms with Crippen LogP contribution >= 0.6 is 11.8 Å². The summed E-state index contributed by atoms with van der Waals surface area (Å²) in [6.07, 6.45) is 1.32. The summed E-state index contributed by atoms with van der Waals surface area (Å²) in [5, 5.41) is 2.82. The van der Waals surface area contributed by atoms with E-state index in [1.54, 1.807) is 13.8 Å². The van der Waals surface area contributed by atoms with E-state index in [9.17, 15) is 9.59 Å². The van der Waals surface area contributed by atoms with Gasteiger partial charge in [0, 0.05) is 11.9 Å². The molecule has 1 aromatic heterocycles. The van der Waals surface area contributed by atoms with E-state index in [4.69, 9.17) is 10.5 Å². The molecule has 2 aromatic rings. The Morgan fingerprint density at radius 2 is 1.96 bits per heavy atom. The van der Waals surface area contributed by atoms with Gasteiger partial charge in [-0.05, 0) is 38.8 Å². The number of carbonyl (C=O) groups is 2. The molecule has 0 saturated heterocycles. The van der Waals surface area contributed by atoms with Crippen molar-refractivity contribution in [3.05, 3.63) is 41.1 Å². The number of rotatable bonds is 6. The maximum Gasteiger partial charge on any atom is 0.343 e. The molecule has 0 fully saturated rings. The molecule has 3 N–H and O–H groups in total. The largest absolute Gasteiger partial charge is 0.462 e. The molecule has 1 unspecified atom stereocenters. The van der Waals surface area contributed by atoms with Crippen LogP contribution in [-0.4, -0.2) is 33.7 Å². The minimum absolute atomic E-state index is 0.0308. The highest BCUT2D eigenvalue weighted by Crippen LogP contribution is 2.25. The molecule has 1 heterocycles. The van der Waals surface area contributed by atoms with Crippen LogP contribution in [0.4, 0.5) is 11.5 Å². The van der Waals surface area contributed by atoms with Gasteiger partial charge in [0.25, 0.3) is 0 Å². The summed E-state index contributed by atoms with van der Waals surface area (Å²) in [6, 6.07) is 5.83. The van der Waals surface area contributed by atoms with Gasteiger partial charge in [0.05, 0.1) is 11.9 Å². The number of nitrogens with zero attached hydrogens (tertiary/aromatic N) is 2. The Bertz CT molecular complexity index is 806. The van der Waals surface area contributed by atoms with Crippen molar-refractivity contribution in [2.24, 2.45) is 0 Å². The molecule has 138 valence electrons. The summed E-state index contributed by atoms with van der Waals surface area (Å²) < 4.78 is 4.89. The van der Waals surface area contributed by atoms with E-state index in [1.165, 1.54) is 6.20 Å². The maximum atomic E-state index is 12.5. The minimum Gasteiger partial charge on any atom is -0.462 e. The van der Waals surface area contributed by atoms with Crippen molar-refractivity contribution < 1.29 is 14.3 Å². The van der Waals surface area contributed by atoms with Gasteiger partial charge in [-0.3, -0.25) is 4.79 Å². The van der Waals surface area contributed by atoms with E-state index in [0.29, 0.717) is 5.16 Å². The van der Waals surface area contributed by atoms with Crippen molar-refractivity contribution in [2.45, 2.75) is 38.1 Å².